The van der Waals surface area contributed by atoms with E-state index in [-0.39, 0.29) is 5.91 Å². The lowest BCUT2D eigenvalue weighted by molar-refractivity contribution is 0.0769. The Labute approximate surface area is 83.7 Å². The lowest BCUT2D eigenvalue weighted by Gasteiger charge is -2.19. The van der Waals surface area contributed by atoms with Crippen LogP contribution in [0.5, 0.6) is 0 Å². The van der Waals surface area contributed by atoms with Gasteiger partial charge in [0.2, 0.25) is 0 Å². The number of carbonyl (C=O) groups is 1. The third-order valence-corrected chi connectivity index (χ3v) is 2.00. The fraction of sp³-hybridized carbons (Fsp3) is 0.400. The number of hydrogen-bond acceptors (Lipinski definition) is 3. The normalized spacial score (nSPS) is 9.86. The van der Waals surface area contributed by atoms with Gasteiger partial charge in [-0.3, -0.25) is 9.78 Å². The number of aromatic nitrogens is 1. The largest absolute Gasteiger partial charge is 0.338 e. The molecule has 0 fully saturated rings. The molecule has 0 aromatic carbocycles. The predicted molar refractivity (Wildman–Crippen MR) is 54.9 cm³/mol. The molecule has 0 aliphatic rings. The Kier molecular flexibility index (Phi) is 4.07. The summed E-state index contributed by atoms with van der Waals surface area (Å²) in [5.41, 5.74) is 6.08. The van der Waals surface area contributed by atoms with Crippen molar-refractivity contribution >= 4 is 5.91 Å². The zero-order valence-corrected chi connectivity index (χ0v) is 8.31. The molecule has 1 aromatic rings. The third-order valence-electron chi connectivity index (χ3n) is 2.00. The van der Waals surface area contributed by atoms with Crippen LogP contribution in [0.1, 0.15) is 17.3 Å². The van der Waals surface area contributed by atoms with E-state index in [1.165, 1.54) is 0 Å². The van der Waals surface area contributed by atoms with Gasteiger partial charge in [0.25, 0.3) is 5.91 Å². The summed E-state index contributed by atoms with van der Waals surface area (Å²) in [6, 6.07) is 3.42. The first-order chi connectivity index (χ1) is 6.79. The fourth-order valence-electron chi connectivity index (χ4n) is 1.24. The standard InChI is InChI=1S/C10H15N3O/c1-2-13(8-5-11)10(14)9-3-6-12-7-4-9/h3-4,6-7H,2,5,8,11H2,1H3. The van der Waals surface area contributed by atoms with Crippen LogP contribution < -0.4 is 5.73 Å². The van der Waals surface area contributed by atoms with Crippen LogP contribution in [0.2, 0.25) is 0 Å². The SMILES string of the molecule is CCN(CCN)C(=O)c1ccncc1. The number of likely N-dealkylation sites (N-methyl/N-ethyl adjacent to an activating group) is 1. The van der Waals surface area contributed by atoms with Crippen LogP contribution in [-0.4, -0.2) is 35.4 Å². The maximum absolute atomic E-state index is 11.8. The van der Waals surface area contributed by atoms with Crippen LogP contribution in [0.25, 0.3) is 0 Å². The fourth-order valence-corrected chi connectivity index (χ4v) is 1.24. The Bertz CT molecular complexity index is 287. The Morgan fingerprint density at radius 2 is 2.14 bits per heavy atom. The number of carbonyl (C=O) groups excluding carboxylic acids is 1. The van der Waals surface area contributed by atoms with Crippen molar-refractivity contribution in [2.45, 2.75) is 6.92 Å². The van der Waals surface area contributed by atoms with Crippen molar-refractivity contribution in [1.82, 2.24) is 9.88 Å². The van der Waals surface area contributed by atoms with Crippen LogP contribution in [0.4, 0.5) is 0 Å². The van der Waals surface area contributed by atoms with Gasteiger partial charge in [-0.2, -0.15) is 0 Å². The van der Waals surface area contributed by atoms with Crippen molar-refractivity contribution in [2.24, 2.45) is 5.73 Å². The van der Waals surface area contributed by atoms with E-state index in [4.69, 9.17) is 5.73 Å². The summed E-state index contributed by atoms with van der Waals surface area (Å²) < 4.78 is 0. The van der Waals surface area contributed by atoms with Crippen molar-refractivity contribution < 1.29 is 4.79 Å². The second-order valence-electron chi connectivity index (χ2n) is 2.91. The molecule has 1 aromatic heterocycles. The van der Waals surface area contributed by atoms with Crippen molar-refractivity contribution in [1.29, 1.82) is 0 Å². The Balaban J connectivity index is 2.73. The monoisotopic (exact) mass is 193 g/mol. The summed E-state index contributed by atoms with van der Waals surface area (Å²) in [6.07, 6.45) is 3.23. The van der Waals surface area contributed by atoms with Gasteiger partial charge in [-0.15, -0.1) is 0 Å². The zero-order valence-electron chi connectivity index (χ0n) is 8.31. The molecule has 0 unspecified atom stereocenters. The molecule has 0 aliphatic heterocycles. The van der Waals surface area contributed by atoms with E-state index in [2.05, 4.69) is 4.98 Å². The van der Waals surface area contributed by atoms with Gasteiger partial charge in [0.15, 0.2) is 0 Å². The average molecular weight is 193 g/mol. The molecule has 0 saturated heterocycles. The van der Waals surface area contributed by atoms with E-state index >= 15 is 0 Å². The second kappa shape index (κ2) is 5.34. The number of rotatable bonds is 4. The zero-order chi connectivity index (χ0) is 10.4. The van der Waals surface area contributed by atoms with E-state index in [0.717, 1.165) is 0 Å². The molecule has 4 heteroatoms. The minimum atomic E-state index is 0.0142. The minimum Gasteiger partial charge on any atom is -0.338 e. The molecule has 1 heterocycles. The van der Waals surface area contributed by atoms with Crippen molar-refractivity contribution in [3.05, 3.63) is 30.1 Å². The molecule has 76 valence electrons. The van der Waals surface area contributed by atoms with Crippen LogP contribution in [0.3, 0.4) is 0 Å². The molecule has 4 nitrogen and oxygen atoms in total. The molecule has 0 bridgehead atoms. The molecule has 2 N–H and O–H groups in total. The highest BCUT2D eigenvalue weighted by atomic mass is 16.2. The summed E-state index contributed by atoms with van der Waals surface area (Å²) in [4.78, 5) is 17.4. The summed E-state index contributed by atoms with van der Waals surface area (Å²) in [5, 5.41) is 0. The van der Waals surface area contributed by atoms with Gasteiger partial charge in [-0.05, 0) is 19.1 Å². The predicted octanol–water partition coefficient (Wildman–Crippen LogP) is 0.502. The summed E-state index contributed by atoms with van der Waals surface area (Å²) in [6.45, 7) is 3.70. The highest BCUT2D eigenvalue weighted by molar-refractivity contribution is 5.94. The molecule has 1 rings (SSSR count). The van der Waals surface area contributed by atoms with E-state index in [1.54, 1.807) is 29.4 Å². The Morgan fingerprint density at radius 3 is 2.64 bits per heavy atom. The second-order valence-corrected chi connectivity index (χ2v) is 2.91. The lowest BCUT2D eigenvalue weighted by atomic mass is 10.2. The minimum absolute atomic E-state index is 0.0142. The van der Waals surface area contributed by atoms with Gasteiger partial charge in [-0.25, -0.2) is 0 Å². The first-order valence-electron chi connectivity index (χ1n) is 4.69. The van der Waals surface area contributed by atoms with Crippen LogP contribution >= 0.6 is 0 Å². The number of hydrogen-bond donors (Lipinski definition) is 1. The van der Waals surface area contributed by atoms with Gasteiger partial charge in [0.1, 0.15) is 0 Å². The summed E-state index contributed by atoms with van der Waals surface area (Å²) in [7, 11) is 0. The van der Waals surface area contributed by atoms with Crippen molar-refractivity contribution in [2.75, 3.05) is 19.6 Å². The van der Waals surface area contributed by atoms with E-state index in [1.807, 2.05) is 6.92 Å². The Hall–Kier alpha value is -1.42. The van der Waals surface area contributed by atoms with Gasteiger partial charge in [0.05, 0.1) is 0 Å². The van der Waals surface area contributed by atoms with Crippen LogP contribution in [0.15, 0.2) is 24.5 Å². The molecule has 0 spiro atoms. The molecule has 1 amide bonds. The highest BCUT2D eigenvalue weighted by Gasteiger charge is 2.12. The molecule has 0 radical (unpaired) electrons. The molecule has 0 saturated carbocycles. The molecule has 0 atom stereocenters. The molecular weight excluding hydrogens is 178 g/mol. The topological polar surface area (TPSA) is 59.2 Å². The summed E-state index contributed by atoms with van der Waals surface area (Å²) in [5.74, 6) is 0.0142. The van der Waals surface area contributed by atoms with E-state index in [0.29, 0.717) is 25.2 Å². The van der Waals surface area contributed by atoms with Gasteiger partial charge in [0, 0.05) is 37.6 Å². The quantitative estimate of drug-likeness (QED) is 0.757. The highest BCUT2D eigenvalue weighted by Crippen LogP contribution is 2.02. The maximum Gasteiger partial charge on any atom is 0.253 e. The number of amides is 1. The first-order valence-corrected chi connectivity index (χ1v) is 4.69. The lowest BCUT2D eigenvalue weighted by Crippen LogP contribution is -2.35. The van der Waals surface area contributed by atoms with Crippen molar-refractivity contribution in [3.63, 3.8) is 0 Å². The van der Waals surface area contributed by atoms with E-state index < -0.39 is 0 Å². The summed E-state index contributed by atoms with van der Waals surface area (Å²) >= 11 is 0. The van der Waals surface area contributed by atoms with Crippen LogP contribution in [0, 0.1) is 0 Å². The van der Waals surface area contributed by atoms with Crippen molar-refractivity contribution in [3.8, 4) is 0 Å². The van der Waals surface area contributed by atoms with Crippen LogP contribution in [-0.2, 0) is 0 Å². The van der Waals surface area contributed by atoms with Gasteiger partial charge >= 0.3 is 0 Å². The van der Waals surface area contributed by atoms with Gasteiger partial charge in [-0.1, -0.05) is 0 Å². The number of nitrogens with zero attached hydrogens (tertiary/aromatic N) is 2. The molecular formula is C10H15N3O. The first kappa shape index (κ1) is 10.7. The van der Waals surface area contributed by atoms with Gasteiger partial charge < -0.3 is 10.6 Å². The molecule has 14 heavy (non-hydrogen) atoms. The maximum atomic E-state index is 11.8. The smallest absolute Gasteiger partial charge is 0.253 e. The average Bonchev–Trinajstić information content (AvgIpc) is 2.26. The van der Waals surface area contributed by atoms with E-state index in [9.17, 15) is 4.79 Å². The Morgan fingerprint density at radius 1 is 1.50 bits per heavy atom. The number of pyridine rings is 1. The third kappa shape index (κ3) is 2.53. The molecule has 0 aliphatic carbocycles. The number of nitrogens with two attached hydrogens (primary N) is 1.